The van der Waals surface area contributed by atoms with Crippen molar-refractivity contribution in [1.29, 1.82) is 0 Å². The highest BCUT2D eigenvalue weighted by atomic mass is 16.4. The number of aliphatic carboxylic acids is 1. The van der Waals surface area contributed by atoms with Gasteiger partial charge in [-0.25, -0.2) is 0 Å². The van der Waals surface area contributed by atoms with Crippen LogP contribution in [0.3, 0.4) is 0 Å². The number of carboxylic acid groups (broad SMARTS) is 1. The van der Waals surface area contributed by atoms with Crippen LogP contribution in [0.1, 0.15) is 78.6 Å². The predicted octanol–water partition coefficient (Wildman–Crippen LogP) is 2.11. The second-order valence-corrected chi connectivity index (χ2v) is 11.4. The van der Waals surface area contributed by atoms with Crippen molar-refractivity contribution >= 4 is 5.97 Å². The number of rotatable bonds is 4. The Bertz CT molecular complexity index is 637. The average Bonchev–Trinajstić information content (AvgIpc) is 3.02. The van der Waals surface area contributed by atoms with Gasteiger partial charge in [0, 0.05) is 5.97 Å². The average molecular weight is 408 g/mol. The highest BCUT2D eigenvalue weighted by molar-refractivity contribution is 5.64. The highest BCUT2D eigenvalue weighted by Crippen LogP contribution is 2.68. The lowest BCUT2D eigenvalue weighted by Crippen LogP contribution is -2.62. The van der Waals surface area contributed by atoms with Gasteiger partial charge in [0.2, 0.25) is 0 Å². The smallest absolute Gasteiger partial charge is 0.0833 e. The van der Waals surface area contributed by atoms with Crippen LogP contribution in [0.2, 0.25) is 0 Å². The van der Waals surface area contributed by atoms with Crippen molar-refractivity contribution < 1.29 is 25.2 Å². The molecule has 5 nitrogen and oxygen atoms in total. The van der Waals surface area contributed by atoms with Crippen LogP contribution in [-0.4, -0.2) is 39.6 Å². The molecule has 0 amide bonds. The Morgan fingerprint density at radius 3 is 2.31 bits per heavy atom. The first-order valence-corrected chi connectivity index (χ1v) is 11.8. The Kier molecular flexibility index (Phi) is 5.57. The van der Waals surface area contributed by atoms with E-state index < -0.39 is 24.3 Å². The van der Waals surface area contributed by atoms with E-state index in [9.17, 15) is 25.2 Å². The van der Waals surface area contributed by atoms with Gasteiger partial charge in [0.1, 0.15) is 0 Å². The molecule has 0 saturated heterocycles. The van der Waals surface area contributed by atoms with Gasteiger partial charge in [0.15, 0.2) is 0 Å². The SMILES string of the molecule is C[C@H](CCC(=O)[O-])[C@H]1CC[C@H]2[C@@H]3[C@H](O)C[C@@H]4[C@@H](O)[C@H](O)CC[C@]4(C)[C@H]3CC[C@]12C. The Morgan fingerprint density at radius 2 is 1.62 bits per heavy atom. The molecule has 0 bridgehead atoms. The molecule has 0 unspecified atom stereocenters. The monoisotopic (exact) mass is 407 g/mol. The summed E-state index contributed by atoms with van der Waals surface area (Å²) in [4.78, 5) is 10.9. The van der Waals surface area contributed by atoms with Crippen LogP contribution in [0.15, 0.2) is 0 Å². The molecule has 3 N–H and O–H groups in total. The Hall–Kier alpha value is -0.650. The van der Waals surface area contributed by atoms with Gasteiger partial charge in [-0.3, -0.25) is 0 Å². The van der Waals surface area contributed by atoms with E-state index >= 15 is 0 Å². The Morgan fingerprint density at radius 1 is 0.966 bits per heavy atom. The Balaban J connectivity index is 1.57. The number of aliphatic hydroxyl groups excluding tert-OH is 3. The van der Waals surface area contributed by atoms with E-state index in [0.717, 1.165) is 32.1 Å². The zero-order chi connectivity index (χ0) is 21.1. The summed E-state index contributed by atoms with van der Waals surface area (Å²) in [6.07, 6.45) is 5.59. The van der Waals surface area contributed by atoms with Crippen molar-refractivity contribution in [3.8, 4) is 0 Å². The molecule has 0 aromatic carbocycles. The predicted molar refractivity (Wildman–Crippen MR) is 107 cm³/mol. The maximum absolute atomic E-state index is 11.2. The molecule has 166 valence electrons. The fourth-order valence-electron chi connectivity index (χ4n) is 8.78. The van der Waals surface area contributed by atoms with Crippen molar-refractivity contribution in [2.45, 2.75) is 96.9 Å². The molecular weight excluding hydrogens is 368 g/mol. The second-order valence-electron chi connectivity index (χ2n) is 11.4. The molecule has 29 heavy (non-hydrogen) atoms. The summed E-state index contributed by atoms with van der Waals surface area (Å²) < 4.78 is 0. The van der Waals surface area contributed by atoms with Crippen LogP contribution >= 0.6 is 0 Å². The molecule has 0 spiro atoms. The molecule has 0 aromatic heterocycles. The minimum Gasteiger partial charge on any atom is -0.550 e. The molecule has 4 rings (SSSR count). The van der Waals surface area contributed by atoms with Crippen molar-refractivity contribution in [1.82, 2.24) is 0 Å². The standard InChI is InChI=1S/C24H40O5/c1-13(4-7-20(27)28)14-5-6-15-21-16(8-10-23(14,15)2)24(3)11-9-18(25)22(29)17(24)12-19(21)26/h13-19,21-22,25-26,29H,4-12H2,1-3H3,(H,27,28)/p-1/t13-,14-,15+,16+,17-,18-,19-,21+,22-,23-,24-/m1/s1. The largest absolute Gasteiger partial charge is 0.550 e. The van der Waals surface area contributed by atoms with Gasteiger partial charge < -0.3 is 25.2 Å². The summed E-state index contributed by atoms with van der Waals surface area (Å²) in [5.41, 5.74) is 0.145. The van der Waals surface area contributed by atoms with Crippen molar-refractivity contribution in [2.75, 3.05) is 0 Å². The number of aliphatic hydroxyl groups is 3. The van der Waals surface area contributed by atoms with Gasteiger partial charge in [0.25, 0.3) is 0 Å². The lowest BCUT2D eigenvalue weighted by molar-refractivity contribution is -0.306. The van der Waals surface area contributed by atoms with E-state index in [2.05, 4.69) is 20.8 Å². The van der Waals surface area contributed by atoms with Gasteiger partial charge in [-0.1, -0.05) is 20.8 Å². The molecule has 4 saturated carbocycles. The fourth-order valence-corrected chi connectivity index (χ4v) is 8.78. The van der Waals surface area contributed by atoms with Gasteiger partial charge in [-0.15, -0.1) is 0 Å². The summed E-state index contributed by atoms with van der Waals surface area (Å²) in [5.74, 6) is 1.00. The van der Waals surface area contributed by atoms with Crippen LogP contribution in [0.25, 0.3) is 0 Å². The van der Waals surface area contributed by atoms with Crippen LogP contribution < -0.4 is 5.11 Å². The first-order valence-electron chi connectivity index (χ1n) is 11.8. The van der Waals surface area contributed by atoms with Crippen molar-refractivity contribution in [3.05, 3.63) is 0 Å². The van der Waals surface area contributed by atoms with Gasteiger partial charge >= 0.3 is 0 Å². The molecule has 4 aliphatic rings. The summed E-state index contributed by atoms with van der Waals surface area (Å²) in [6, 6.07) is 0. The molecule has 4 fully saturated rings. The molecule has 0 radical (unpaired) electrons. The van der Waals surface area contributed by atoms with E-state index in [4.69, 9.17) is 0 Å². The lowest BCUT2D eigenvalue weighted by Gasteiger charge is -2.63. The third-order valence-electron chi connectivity index (χ3n) is 10.3. The summed E-state index contributed by atoms with van der Waals surface area (Å²) in [6.45, 7) is 6.89. The number of carbonyl (C=O) groups is 1. The zero-order valence-electron chi connectivity index (χ0n) is 18.2. The van der Waals surface area contributed by atoms with Crippen LogP contribution in [0.4, 0.5) is 0 Å². The second kappa shape index (κ2) is 7.49. The van der Waals surface area contributed by atoms with Crippen molar-refractivity contribution in [3.63, 3.8) is 0 Å². The third kappa shape index (κ3) is 3.27. The van der Waals surface area contributed by atoms with Crippen molar-refractivity contribution in [2.24, 2.45) is 46.3 Å². The van der Waals surface area contributed by atoms with E-state index in [1.807, 2.05) is 0 Å². The number of hydrogen-bond donors (Lipinski definition) is 3. The maximum atomic E-state index is 11.2. The first-order chi connectivity index (χ1) is 13.6. The molecule has 4 aliphatic carbocycles. The minimum atomic E-state index is -0.958. The summed E-state index contributed by atoms with van der Waals surface area (Å²) in [5, 5.41) is 43.1. The number of fused-ring (bicyclic) bond motifs is 5. The number of hydrogen-bond acceptors (Lipinski definition) is 5. The quantitative estimate of drug-likeness (QED) is 0.663. The number of carboxylic acids is 1. The van der Waals surface area contributed by atoms with Gasteiger partial charge in [0.05, 0.1) is 18.3 Å². The van der Waals surface area contributed by atoms with E-state index in [0.29, 0.717) is 42.9 Å². The third-order valence-corrected chi connectivity index (χ3v) is 10.3. The maximum Gasteiger partial charge on any atom is 0.0833 e. The van der Waals surface area contributed by atoms with Crippen LogP contribution in [0.5, 0.6) is 0 Å². The lowest BCUT2D eigenvalue weighted by atomic mass is 9.43. The molecule has 0 aromatic rings. The highest BCUT2D eigenvalue weighted by Gasteiger charge is 2.64. The van der Waals surface area contributed by atoms with E-state index in [-0.39, 0.29) is 29.1 Å². The molecule has 0 heterocycles. The minimum absolute atomic E-state index is 0.0114. The summed E-state index contributed by atoms with van der Waals surface area (Å²) in [7, 11) is 0. The van der Waals surface area contributed by atoms with E-state index in [1.54, 1.807) is 0 Å². The first kappa shape index (κ1) is 21.6. The molecule has 11 atom stereocenters. The Labute approximate surface area is 174 Å². The van der Waals surface area contributed by atoms with Crippen LogP contribution in [-0.2, 0) is 4.79 Å². The molecule has 0 aliphatic heterocycles. The van der Waals surface area contributed by atoms with Crippen LogP contribution in [0, 0.1) is 46.3 Å². The topological polar surface area (TPSA) is 101 Å². The zero-order valence-corrected chi connectivity index (χ0v) is 18.2. The van der Waals surface area contributed by atoms with Gasteiger partial charge in [-0.2, -0.15) is 0 Å². The summed E-state index contributed by atoms with van der Waals surface area (Å²) >= 11 is 0. The molecular formula is C24H39O5-. The normalized spacial score (nSPS) is 52.9. The number of carbonyl (C=O) groups excluding carboxylic acids is 1. The molecule has 5 heteroatoms. The van der Waals surface area contributed by atoms with E-state index in [1.165, 1.54) is 0 Å². The van der Waals surface area contributed by atoms with Gasteiger partial charge in [-0.05, 0) is 104 Å². The fraction of sp³-hybridized carbons (Fsp3) is 0.958.